The van der Waals surface area contributed by atoms with Crippen molar-refractivity contribution in [2.45, 2.75) is 25.6 Å². The number of imidazole rings is 1. The second kappa shape index (κ2) is 7.61. The van der Waals surface area contributed by atoms with Crippen molar-refractivity contribution < 1.29 is 18.4 Å². The van der Waals surface area contributed by atoms with Crippen LogP contribution in [0.4, 0.5) is 10.2 Å². The summed E-state index contributed by atoms with van der Waals surface area (Å²) in [6.07, 6.45) is 1.40. The minimum atomic E-state index is -2.39. The molecule has 27 heavy (non-hydrogen) atoms. The molecule has 0 amide bonds. The van der Waals surface area contributed by atoms with Crippen LogP contribution in [0.2, 0.25) is 0 Å². The van der Waals surface area contributed by atoms with Crippen molar-refractivity contribution in [2.24, 2.45) is 10.9 Å². The maximum absolute atomic E-state index is 14.9. The standard InChI is InChI=1S/C16H24FN6O3P/c1-10-11(17)15(26-16(10)25-9-27(4,5)24)23-8-20-12-13(21-7-22(2)3)18-6-19-14(12)23/h6-8,10-11,15-16H,9H2,1-5H3/b21-7+/t10-,11-,15+,16-/m0/s1. The highest BCUT2D eigenvalue weighted by molar-refractivity contribution is 7.62. The van der Waals surface area contributed by atoms with E-state index in [0.29, 0.717) is 17.0 Å². The van der Waals surface area contributed by atoms with E-state index >= 15 is 0 Å². The van der Waals surface area contributed by atoms with Crippen LogP contribution in [0.15, 0.2) is 17.6 Å². The second-order valence-electron chi connectivity index (χ2n) is 7.30. The average molecular weight is 398 g/mol. The van der Waals surface area contributed by atoms with Crippen LogP contribution in [0.5, 0.6) is 0 Å². The van der Waals surface area contributed by atoms with Gasteiger partial charge in [0, 0.05) is 20.0 Å². The Morgan fingerprint density at radius 2 is 2.15 bits per heavy atom. The topological polar surface area (TPSA) is 94.7 Å². The number of fused-ring (bicyclic) bond motifs is 1. The van der Waals surface area contributed by atoms with E-state index in [1.165, 1.54) is 17.2 Å². The summed E-state index contributed by atoms with van der Waals surface area (Å²) >= 11 is 0. The monoisotopic (exact) mass is 398 g/mol. The third-order valence-corrected chi connectivity index (χ3v) is 4.82. The predicted molar refractivity (Wildman–Crippen MR) is 101 cm³/mol. The first kappa shape index (κ1) is 19.9. The molecule has 0 bridgehead atoms. The Hall–Kier alpha value is -1.90. The fourth-order valence-electron chi connectivity index (χ4n) is 2.70. The van der Waals surface area contributed by atoms with Gasteiger partial charge in [0.05, 0.1) is 12.7 Å². The number of nitrogens with zero attached hydrogens (tertiary/aromatic N) is 6. The molecule has 0 aliphatic carbocycles. The van der Waals surface area contributed by atoms with Gasteiger partial charge in [-0.05, 0) is 13.3 Å². The first-order chi connectivity index (χ1) is 12.7. The number of halogens is 1. The summed E-state index contributed by atoms with van der Waals surface area (Å²) in [6.45, 7) is 4.94. The van der Waals surface area contributed by atoms with Crippen LogP contribution in [0, 0.1) is 5.92 Å². The van der Waals surface area contributed by atoms with Gasteiger partial charge in [-0.3, -0.25) is 4.57 Å². The van der Waals surface area contributed by atoms with Crippen molar-refractivity contribution in [2.75, 3.05) is 33.8 Å². The molecule has 1 aliphatic rings. The third kappa shape index (κ3) is 4.34. The average Bonchev–Trinajstić information content (AvgIpc) is 3.13. The molecule has 4 atom stereocenters. The van der Waals surface area contributed by atoms with Crippen molar-refractivity contribution in [3.8, 4) is 0 Å². The summed E-state index contributed by atoms with van der Waals surface area (Å²) in [7, 11) is 1.29. The van der Waals surface area contributed by atoms with Crippen molar-refractivity contribution in [1.82, 2.24) is 24.4 Å². The molecule has 0 aromatic carbocycles. The molecule has 0 unspecified atom stereocenters. The lowest BCUT2D eigenvalue weighted by Gasteiger charge is -2.17. The number of alkyl halides is 1. The highest BCUT2D eigenvalue weighted by Gasteiger charge is 2.45. The zero-order valence-corrected chi connectivity index (χ0v) is 16.9. The van der Waals surface area contributed by atoms with Crippen molar-refractivity contribution in [3.05, 3.63) is 12.7 Å². The molecule has 3 rings (SSSR count). The Bertz CT molecular complexity index is 882. The van der Waals surface area contributed by atoms with Gasteiger partial charge in [-0.1, -0.05) is 6.92 Å². The Morgan fingerprint density at radius 1 is 1.41 bits per heavy atom. The van der Waals surface area contributed by atoms with Gasteiger partial charge in [-0.15, -0.1) is 0 Å². The van der Waals surface area contributed by atoms with Crippen LogP contribution in [-0.4, -0.2) is 77.0 Å². The van der Waals surface area contributed by atoms with Crippen molar-refractivity contribution in [1.29, 1.82) is 0 Å². The summed E-state index contributed by atoms with van der Waals surface area (Å²) in [6, 6.07) is 0. The summed E-state index contributed by atoms with van der Waals surface area (Å²) in [5, 5.41) is 0. The summed E-state index contributed by atoms with van der Waals surface area (Å²) in [4.78, 5) is 18.7. The molecule has 0 saturated carbocycles. The quantitative estimate of drug-likeness (QED) is 0.419. The van der Waals surface area contributed by atoms with Gasteiger partial charge < -0.3 is 18.9 Å². The summed E-state index contributed by atoms with van der Waals surface area (Å²) in [5.74, 6) is -0.133. The predicted octanol–water partition coefficient (Wildman–Crippen LogP) is 2.47. The van der Waals surface area contributed by atoms with E-state index in [0.717, 1.165) is 0 Å². The molecule has 0 spiro atoms. The van der Waals surface area contributed by atoms with Gasteiger partial charge in [-0.25, -0.2) is 24.3 Å². The van der Waals surface area contributed by atoms with Crippen LogP contribution in [-0.2, 0) is 14.0 Å². The largest absolute Gasteiger partial charge is 0.369 e. The van der Waals surface area contributed by atoms with E-state index in [1.807, 2.05) is 14.1 Å². The van der Waals surface area contributed by atoms with Gasteiger partial charge in [-0.2, -0.15) is 0 Å². The SMILES string of the molecule is C[C@@H]1[C@@H](OCP(C)(C)=O)O[C@@H](n2cnc3c(/N=C/N(C)C)ncnc32)[C@H]1F. The smallest absolute Gasteiger partial charge is 0.184 e. The third-order valence-electron chi connectivity index (χ3n) is 4.05. The minimum absolute atomic E-state index is 0.0394. The molecule has 0 radical (unpaired) electrons. The number of rotatable bonds is 6. The van der Waals surface area contributed by atoms with E-state index in [9.17, 15) is 8.96 Å². The van der Waals surface area contributed by atoms with Crippen LogP contribution in [0.3, 0.4) is 0 Å². The maximum atomic E-state index is 14.9. The summed E-state index contributed by atoms with van der Waals surface area (Å²) < 4.78 is 39.6. The van der Waals surface area contributed by atoms with Gasteiger partial charge in [0.1, 0.15) is 19.8 Å². The highest BCUT2D eigenvalue weighted by atomic mass is 31.2. The molecule has 3 heterocycles. The van der Waals surface area contributed by atoms with E-state index < -0.39 is 31.7 Å². The molecule has 2 aromatic heterocycles. The summed E-state index contributed by atoms with van der Waals surface area (Å²) in [5.41, 5.74) is 0.878. The molecule has 9 nitrogen and oxygen atoms in total. The fourth-order valence-corrected chi connectivity index (χ4v) is 3.21. The number of aromatic nitrogens is 4. The molecular weight excluding hydrogens is 374 g/mol. The normalized spacial score (nSPS) is 26.3. The maximum Gasteiger partial charge on any atom is 0.184 e. The van der Waals surface area contributed by atoms with Gasteiger partial charge in [0.2, 0.25) is 0 Å². The molecule has 1 fully saturated rings. The highest BCUT2D eigenvalue weighted by Crippen LogP contribution is 2.42. The van der Waals surface area contributed by atoms with Gasteiger partial charge >= 0.3 is 0 Å². The number of aliphatic imine (C=N–C) groups is 1. The second-order valence-corrected chi connectivity index (χ2v) is 10.7. The lowest BCUT2D eigenvalue weighted by Crippen LogP contribution is -2.22. The first-order valence-electron chi connectivity index (χ1n) is 8.50. The van der Waals surface area contributed by atoms with Crippen molar-refractivity contribution >= 4 is 30.5 Å². The van der Waals surface area contributed by atoms with Crippen LogP contribution < -0.4 is 0 Å². The lowest BCUT2D eigenvalue weighted by molar-refractivity contribution is -0.151. The number of ether oxygens (including phenoxy) is 2. The molecule has 1 aliphatic heterocycles. The van der Waals surface area contributed by atoms with E-state index in [2.05, 4.69) is 19.9 Å². The minimum Gasteiger partial charge on any atom is -0.369 e. The van der Waals surface area contributed by atoms with E-state index in [4.69, 9.17) is 9.47 Å². The number of hydrogen-bond acceptors (Lipinski definition) is 7. The first-order valence-corrected chi connectivity index (χ1v) is 11.3. The fraction of sp³-hybridized carbons (Fsp3) is 0.625. The van der Waals surface area contributed by atoms with Gasteiger partial charge in [0.25, 0.3) is 0 Å². The van der Waals surface area contributed by atoms with E-state index in [1.54, 1.807) is 31.5 Å². The Kier molecular flexibility index (Phi) is 5.60. The zero-order chi connectivity index (χ0) is 19.8. The Labute approximate surface area is 157 Å². The Morgan fingerprint density at radius 3 is 2.81 bits per heavy atom. The Balaban J connectivity index is 1.87. The molecule has 11 heteroatoms. The lowest BCUT2D eigenvalue weighted by atomic mass is 10.1. The van der Waals surface area contributed by atoms with Crippen molar-refractivity contribution in [3.63, 3.8) is 0 Å². The molecule has 0 N–H and O–H groups in total. The van der Waals surface area contributed by atoms with Crippen LogP contribution in [0.1, 0.15) is 13.2 Å². The van der Waals surface area contributed by atoms with Crippen LogP contribution >= 0.6 is 7.14 Å². The van der Waals surface area contributed by atoms with Gasteiger partial charge in [0.15, 0.2) is 35.7 Å². The molecular formula is C16H24FN6O3P. The zero-order valence-electron chi connectivity index (χ0n) is 16.0. The molecule has 1 saturated heterocycles. The van der Waals surface area contributed by atoms with Crippen LogP contribution in [0.25, 0.3) is 11.2 Å². The number of hydrogen-bond donors (Lipinski definition) is 0. The molecule has 2 aromatic rings. The van der Waals surface area contributed by atoms with E-state index in [-0.39, 0.29) is 6.35 Å². The molecule has 148 valence electrons.